The minimum Gasteiger partial charge on any atom is -0.508 e. The Morgan fingerprint density at radius 2 is 1.96 bits per heavy atom. The molecular formula is C19H19ClFN3O3S. The second kappa shape index (κ2) is 6.95. The van der Waals surface area contributed by atoms with Crippen LogP contribution >= 0.6 is 11.6 Å². The van der Waals surface area contributed by atoms with Crippen molar-refractivity contribution < 1.29 is 17.9 Å². The van der Waals surface area contributed by atoms with Gasteiger partial charge < -0.3 is 15.0 Å². The smallest absolute Gasteiger partial charge is 0.246 e. The van der Waals surface area contributed by atoms with Gasteiger partial charge in [0.2, 0.25) is 10.0 Å². The average molecular weight is 424 g/mol. The van der Waals surface area contributed by atoms with Crippen LogP contribution in [-0.2, 0) is 10.0 Å². The summed E-state index contributed by atoms with van der Waals surface area (Å²) in [5.41, 5.74) is 1.35. The summed E-state index contributed by atoms with van der Waals surface area (Å²) in [5.74, 6) is -0.624. The van der Waals surface area contributed by atoms with E-state index in [0.717, 1.165) is 5.69 Å². The molecule has 1 atom stereocenters. The molecule has 0 radical (unpaired) electrons. The Balaban J connectivity index is 1.59. The van der Waals surface area contributed by atoms with Crippen LogP contribution in [0.25, 0.3) is 10.9 Å². The van der Waals surface area contributed by atoms with Gasteiger partial charge in [0, 0.05) is 42.8 Å². The number of fused-ring (bicyclic) bond motifs is 1. The van der Waals surface area contributed by atoms with E-state index in [4.69, 9.17) is 11.6 Å². The topological polar surface area (TPSA) is 76.6 Å². The van der Waals surface area contributed by atoms with Crippen molar-refractivity contribution in [2.24, 2.45) is 0 Å². The summed E-state index contributed by atoms with van der Waals surface area (Å²) in [5, 5.41) is 10.3. The maximum Gasteiger partial charge on any atom is 0.246 e. The van der Waals surface area contributed by atoms with E-state index in [-0.39, 0.29) is 23.2 Å². The van der Waals surface area contributed by atoms with Crippen LogP contribution < -0.4 is 4.90 Å². The zero-order valence-corrected chi connectivity index (χ0v) is 16.6. The normalized spacial score (nSPS) is 18.0. The fourth-order valence-electron chi connectivity index (χ4n) is 3.58. The Hall–Kier alpha value is -2.29. The van der Waals surface area contributed by atoms with Gasteiger partial charge in [-0.3, -0.25) is 0 Å². The van der Waals surface area contributed by atoms with Gasteiger partial charge >= 0.3 is 0 Å². The number of H-pyrrole nitrogens is 1. The first-order valence-electron chi connectivity index (χ1n) is 8.75. The summed E-state index contributed by atoms with van der Waals surface area (Å²) in [6.45, 7) is 0.557. The molecule has 28 heavy (non-hydrogen) atoms. The van der Waals surface area contributed by atoms with Crippen LogP contribution in [0.1, 0.15) is 6.42 Å². The zero-order valence-electron chi connectivity index (χ0n) is 15.1. The number of anilines is 1. The molecule has 9 heteroatoms. The molecule has 6 nitrogen and oxygen atoms in total. The van der Waals surface area contributed by atoms with E-state index in [1.807, 2.05) is 11.9 Å². The van der Waals surface area contributed by atoms with Crippen molar-refractivity contribution in [2.75, 3.05) is 25.0 Å². The van der Waals surface area contributed by atoms with E-state index >= 15 is 0 Å². The zero-order chi connectivity index (χ0) is 20.1. The predicted octanol–water partition coefficient (Wildman–Crippen LogP) is 3.57. The molecule has 1 fully saturated rings. The van der Waals surface area contributed by atoms with E-state index in [2.05, 4.69) is 4.98 Å². The van der Waals surface area contributed by atoms with Gasteiger partial charge in [-0.2, -0.15) is 4.31 Å². The molecule has 4 rings (SSSR count). The first kappa shape index (κ1) is 19.0. The molecule has 1 aromatic heterocycles. The van der Waals surface area contributed by atoms with Crippen molar-refractivity contribution in [3.8, 4) is 5.75 Å². The largest absolute Gasteiger partial charge is 0.508 e. The van der Waals surface area contributed by atoms with Crippen molar-refractivity contribution in [3.63, 3.8) is 0 Å². The molecule has 1 aliphatic heterocycles. The van der Waals surface area contributed by atoms with Gasteiger partial charge in [-0.05, 0) is 48.9 Å². The van der Waals surface area contributed by atoms with Crippen LogP contribution in [0.2, 0.25) is 5.15 Å². The molecule has 2 N–H and O–H groups in total. The van der Waals surface area contributed by atoms with Gasteiger partial charge in [-0.25, -0.2) is 12.8 Å². The molecule has 0 saturated carbocycles. The predicted molar refractivity (Wildman–Crippen MR) is 107 cm³/mol. The number of nitrogens with one attached hydrogen (secondary N) is 1. The summed E-state index contributed by atoms with van der Waals surface area (Å²) in [4.78, 5) is 4.45. The van der Waals surface area contributed by atoms with Gasteiger partial charge in [-0.1, -0.05) is 11.6 Å². The van der Waals surface area contributed by atoms with Crippen molar-refractivity contribution in [1.82, 2.24) is 9.29 Å². The quantitative estimate of drug-likeness (QED) is 0.672. The van der Waals surface area contributed by atoms with Gasteiger partial charge in [0.05, 0.1) is 0 Å². The minimum absolute atomic E-state index is 0.0500. The third-order valence-electron chi connectivity index (χ3n) is 5.19. The fraction of sp³-hybridized carbons (Fsp3) is 0.263. The second-order valence-electron chi connectivity index (χ2n) is 6.92. The molecule has 3 aromatic rings. The summed E-state index contributed by atoms with van der Waals surface area (Å²) < 4.78 is 41.9. The van der Waals surface area contributed by atoms with E-state index < -0.39 is 15.8 Å². The van der Waals surface area contributed by atoms with Crippen LogP contribution in [-0.4, -0.2) is 49.0 Å². The number of hydrogen-bond acceptors (Lipinski definition) is 4. The van der Waals surface area contributed by atoms with Crippen molar-refractivity contribution in [1.29, 1.82) is 0 Å². The highest BCUT2D eigenvalue weighted by Gasteiger charge is 2.36. The van der Waals surface area contributed by atoms with E-state index in [1.165, 1.54) is 16.4 Å². The monoisotopic (exact) mass is 423 g/mol. The van der Waals surface area contributed by atoms with Gasteiger partial charge in [0.1, 0.15) is 21.6 Å². The maximum atomic E-state index is 14.5. The number of halogens is 2. The first-order valence-corrected chi connectivity index (χ1v) is 10.6. The number of aromatic hydroxyl groups is 1. The fourth-order valence-corrected chi connectivity index (χ4v) is 5.36. The van der Waals surface area contributed by atoms with Gasteiger partial charge in [-0.15, -0.1) is 0 Å². The van der Waals surface area contributed by atoms with Crippen LogP contribution in [0.3, 0.4) is 0 Å². The van der Waals surface area contributed by atoms with Gasteiger partial charge in [0.25, 0.3) is 0 Å². The van der Waals surface area contributed by atoms with Crippen LogP contribution in [0.15, 0.2) is 47.4 Å². The first-order chi connectivity index (χ1) is 13.3. The Morgan fingerprint density at radius 1 is 1.25 bits per heavy atom. The molecule has 0 amide bonds. The number of aromatic nitrogens is 1. The maximum absolute atomic E-state index is 14.5. The Labute approximate surface area is 167 Å². The van der Waals surface area contributed by atoms with Gasteiger partial charge in [0.15, 0.2) is 0 Å². The highest BCUT2D eigenvalue weighted by molar-refractivity contribution is 7.89. The molecule has 0 aliphatic carbocycles. The summed E-state index contributed by atoms with van der Waals surface area (Å²) in [6.07, 6.45) is 0.620. The SMILES string of the molecule is CN(c1ccc(O)cc1)[C@@H]1CCN(S(=O)(=O)c2cc3[nH]c(Cl)cc3cc2F)C1. The lowest BCUT2D eigenvalue weighted by molar-refractivity contribution is 0.464. The lowest BCUT2D eigenvalue weighted by Gasteiger charge is -2.27. The average Bonchev–Trinajstić information content (AvgIpc) is 3.27. The lowest BCUT2D eigenvalue weighted by Crippen LogP contribution is -2.36. The number of hydrogen-bond donors (Lipinski definition) is 2. The molecule has 1 saturated heterocycles. The molecule has 0 bridgehead atoms. The van der Waals surface area contributed by atoms with Crippen LogP contribution in [0.4, 0.5) is 10.1 Å². The number of likely N-dealkylation sites (N-methyl/N-ethyl adjacent to an activating group) is 1. The summed E-state index contributed by atoms with van der Waals surface area (Å²) in [7, 11) is -2.10. The Bertz CT molecular complexity index is 1130. The minimum atomic E-state index is -3.98. The Morgan fingerprint density at radius 3 is 2.68 bits per heavy atom. The highest BCUT2D eigenvalue weighted by atomic mass is 35.5. The number of nitrogens with zero attached hydrogens (tertiary/aromatic N) is 2. The van der Waals surface area contributed by atoms with E-state index in [0.29, 0.717) is 29.0 Å². The third-order valence-corrected chi connectivity index (χ3v) is 7.27. The number of sulfonamides is 1. The molecule has 148 valence electrons. The van der Waals surface area contributed by atoms with E-state index in [9.17, 15) is 17.9 Å². The number of aromatic amines is 1. The molecule has 1 aliphatic rings. The van der Waals surface area contributed by atoms with Crippen LogP contribution in [0.5, 0.6) is 5.75 Å². The lowest BCUT2D eigenvalue weighted by atomic mass is 10.2. The standard InChI is InChI=1S/C19H19ClFN3O3S/c1-23(13-2-4-15(25)5-3-13)14-6-7-24(11-14)28(26,27)18-10-17-12(8-16(18)21)9-19(20)22-17/h2-5,8-10,14,22,25H,6-7,11H2,1H3/t14-/m1/s1. The number of phenolic OH excluding ortho intramolecular Hbond substituents is 1. The highest BCUT2D eigenvalue weighted by Crippen LogP contribution is 2.30. The second-order valence-corrected chi connectivity index (χ2v) is 9.23. The molecule has 0 unspecified atom stereocenters. The molecule has 0 spiro atoms. The van der Waals surface area contributed by atoms with E-state index in [1.54, 1.807) is 30.3 Å². The number of rotatable bonds is 4. The number of benzene rings is 2. The summed E-state index contributed by atoms with van der Waals surface area (Å²) >= 11 is 5.89. The van der Waals surface area contributed by atoms with Crippen molar-refractivity contribution >= 4 is 38.2 Å². The van der Waals surface area contributed by atoms with Crippen LogP contribution in [0, 0.1) is 5.82 Å². The Kier molecular flexibility index (Phi) is 4.73. The molecule has 2 aromatic carbocycles. The van der Waals surface area contributed by atoms with Crippen molar-refractivity contribution in [2.45, 2.75) is 17.4 Å². The molecular weight excluding hydrogens is 405 g/mol. The van der Waals surface area contributed by atoms with Crippen molar-refractivity contribution in [3.05, 3.63) is 53.4 Å². The summed E-state index contributed by atoms with van der Waals surface area (Å²) in [6, 6.07) is 10.7. The number of phenols is 1. The molecule has 2 heterocycles. The third kappa shape index (κ3) is 3.32.